The highest BCUT2D eigenvalue weighted by Crippen LogP contribution is 2.17. The number of pyridine rings is 1. The second kappa shape index (κ2) is 9.69. The van der Waals surface area contributed by atoms with Gasteiger partial charge in [-0.3, -0.25) is 14.6 Å². The van der Waals surface area contributed by atoms with E-state index in [1.807, 2.05) is 19.1 Å². The quantitative estimate of drug-likeness (QED) is 0.444. The molecule has 2 aromatic heterocycles. The van der Waals surface area contributed by atoms with Gasteiger partial charge in [-0.1, -0.05) is 24.3 Å². The molecule has 2 heterocycles. The number of fused-ring (bicyclic) bond motifs is 1. The third-order valence-corrected chi connectivity index (χ3v) is 5.66. The molecule has 0 saturated carbocycles. The number of carbonyl (C=O) groups excluding carboxylic acids is 1. The van der Waals surface area contributed by atoms with Gasteiger partial charge in [-0.15, -0.1) is 0 Å². The topological polar surface area (TPSA) is 121 Å². The molecule has 0 aliphatic carbocycles. The Kier molecular flexibility index (Phi) is 6.51. The van der Waals surface area contributed by atoms with Crippen molar-refractivity contribution in [2.75, 3.05) is 0 Å². The van der Waals surface area contributed by atoms with E-state index < -0.39 is 34.8 Å². The molecule has 176 valence electrons. The van der Waals surface area contributed by atoms with Gasteiger partial charge in [0.1, 0.15) is 23.7 Å². The highest BCUT2D eigenvalue weighted by atomic mass is 19.1. The van der Waals surface area contributed by atoms with Crippen LogP contribution in [-0.2, 0) is 17.8 Å². The maximum atomic E-state index is 14.2. The van der Waals surface area contributed by atoms with Crippen molar-refractivity contribution < 1.29 is 13.6 Å². The van der Waals surface area contributed by atoms with E-state index in [0.29, 0.717) is 5.56 Å². The zero-order valence-electron chi connectivity index (χ0n) is 18.5. The third kappa shape index (κ3) is 4.84. The van der Waals surface area contributed by atoms with Crippen LogP contribution in [0.2, 0.25) is 0 Å². The van der Waals surface area contributed by atoms with Crippen molar-refractivity contribution in [3.63, 3.8) is 0 Å². The Morgan fingerprint density at radius 2 is 1.97 bits per heavy atom. The number of hydrogen-bond donors (Lipinski definition) is 2. The minimum absolute atomic E-state index is 0.0222. The number of nitrogens with zero attached hydrogens (tertiary/aromatic N) is 3. The minimum atomic E-state index is -1.32. The monoisotopic (exact) mass is 475 g/mol. The van der Waals surface area contributed by atoms with Crippen molar-refractivity contribution in [2.24, 2.45) is 0 Å². The summed E-state index contributed by atoms with van der Waals surface area (Å²) in [7, 11) is 0. The van der Waals surface area contributed by atoms with E-state index in [1.54, 1.807) is 18.2 Å². The summed E-state index contributed by atoms with van der Waals surface area (Å²) in [6.45, 7) is 1.48. The third-order valence-electron chi connectivity index (χ3n) is 5.66. The number of rotatable bonds is 6. The van der Waals surface area contributed by atoms with Crippen LogP contribution in [0.5, 0.6) is 0 Å². The maximum Gasteiger partial charge on any atom is 0.329 e. The lowest BCUT2D eigenvalue weighted by atomic mass is 10.00. The smallest absolute Gasteiger partial charge is 0.329 e. The first-order valence-electron chi connectivity index (χ1n) is 10.6. The zero-order chi connectivity index (χ0) is 25.1. The van der Waals surface area contributed by atoms with Gasteiger partial charge in [-0.05, 0) is 42.3 Å². The van der Waals surface area contributed by atoms with Crippen molar-refractivity contribution in [1.29, 1.82) is 5.26 Å². The van der Waals surface area contributed by atoms with E-state index >= 15 is 0 Å². The molecule has 0 bridgehead atoms. The van der Waals surface area contributed by atoms with Crippen molar-refractivity contribution in [2.45, 2.75) is 25.9 Å². The number of amides is 1. The van der Waals surface area contributed by atoms with Gasteiger partial charge in [0, 0.05) is 12.6 Å². The molecule has 8 nitrogen and oxygen atoms in total. The largest absolute Gasteiger partial charge is 0.349 e. The number of benzene rings is 2. The summed E-state index contributed by atoms with van der Waals surface area (Å²) in [4.78, 5) is 45.7. The fraction of sp³-hybridized carbons (Fsp3) is 0.160. The van der Waals surface area contributed by atoms with Gasteiger partial charge in [0.25, 0.3) is 5.56 Å². The first-order chi connectivity index (χ1) is 16.8. The molecular weight excluding hydrogens is 456 g/mol. The molecule has 0 aliphatic heterocycles. The highest BCUT2D eigenvalue weighted by Gasteiger charge is 2.26. The van der Waals surface area contributed by atoms with Crippen molar-refractivity contribution in [3.8, 4) is 6.07 Å². The van der Waals surface area contributed by atoms with E-state index in [-0.39, 0.29) is 35.1 Å². The van der Waals surface area contributed by atoms with Gasteiger partial charge < -0.3 is 10.3 Å². The molecule has 1 atom stereocenters. The van der Waals surface area contributed by atoms with Crippen LogP contribution >= 0.6 is 0 Å². The predicted octanol–water partition coefficient (Wildman–Crippen LogP) is 2.64. The van der Waals surface area contributed by atoms with Crippen LogP contribution in [0, 0.1) is 29.9 Å². The summed E-state index contributed by atoms with van der Waals surface area (Å²) in [6, 6.07) is 12.0. The Hall–Kier alpha value is -4.65. The second-order valence-electron chi connectivity index (χ2n) is 7.92. The number of halogens is 2. The Morgan fingerprint density at radius 1 is 1.20 bits per heavy atom. The number of carbonyl (C=O) groups is 1. The number of H-pyrrole nitrogens is 1. The molecule has 0 fully saturated rings. The molecular formula is C25H19F2N5O3. The minimum Gasteiger partial charge on any atom is -0.349 e. The molecule has 2 N–H and O–H groups in total. The molecule has 2 aromatic carbocycles. The highest BCUT2D eigenvalue weighted by molar-refractivity contribution is 5.82. The van der Waals surface area contributed by atoms with Gasteiger partial charge >= 0.3 is 5.69 Å². The molecule has 0 radical (unpaired) electrons. The summed E-state index contributed by atoms with van der Waals surface area (Å²) in [5.41, 5.74) is -0.0885. The molecule has 0 saturated heterocycles. The number of nitriles is 1. The van der Waals surface area contributed by atoms with Gasteiger partial charge in [0.15, 0.2) is 0 Å². The number of aryl methyl sites for hydroxylation is 1. The Bertz CT molecular complexity index is 1600. The summed E-state index contributed by atoms with van der Waals surface area (Å²) in [6.07, 6.45) is 1.15. The molecule has 1 amide bonds. The van der Waals surface area contributed by atoms with Gasteiger partial charge in [0.05, 0.1) is 28.7 Å². The van der Waals surface area contributed by atoms with Crippen molar-refractivity contribution in [3.05, 3.63) is 110 Å². The molecule has 10 heteroatoms. The summed E-state index contributed by atoms with van der Waals surface area (Å²) < 4.78 is 28.8. The fourth-order valence-corrected chi connectivity index (χ4v) is 3.78. The summed E-state index contributed by atoms with van der Waals surface area (Å²) in [5, 5.41) is 11.3. The number of aromatic nitrogens is 3. The maximum absolute atomic E-state index is 14.2. The van der Waals surface area contributed by atoms with Crippen LogP contribution < -0.4 is 16.6 Å². The number of hydrogen-bond acceptors (Lipinski definition) is 5. The zero-order valence-corrected chi connectivity index (χ0v) is 18.5. The van der Waals surface area contributed by atoms with Crippen LogP contribution in [0.1, 0.15) is 28.4 Å². The standard InChI is InChI=1S/C25H19F2N5O3/c1-14-4-2-3-5-16(14)9-22(23(33)30-13-21-19(27)8-15(11-28)12-29-21)32-24(34)18-10-17(26)6-7-20(18)31-25(32)35/h2-8,10,12,22H,9,13H2,1H3,(H,30,33)(H,31,35). The Balaban J connectivity index is 1.75. The average molecular weight is 475 g/mol. The first-order valence-corrected chi connectivity index (χ1v) is 10.6. The number of nitrogens with one attached hydrogen (secondary N) is 2. The molecule has 0 aliphatic rings. The molecule has 4 rings (SSSR count). The van der Waals surface area contributed by atoms with Crippen LogP contribution in [0.15, 0.2) is 64.3 Å². The molecule has 0 spiro atoms. The van der Waals surface area contributed by atoms with E-state index in [1.165, 1.54) is 12.3 Å². The van der Waals surface area contributed by atoms with Crippen molar-refractivity contribution in [1.82, 2.24) is 19.9 Å². The van der Waals surface area contributed by atoms with Crippen LogP contribution in [-0.4, -0.2) is 20.4 Å². The van der Waals surface area contributed by atoms with Gasteiger partial charge in [-0.25, -0.2) is 18.1 Å². The molecule has 35 heavy (non-hydrogen) atoms. The van der Waals surface area contributed by atoms with Gasteiger partial charge in [-0.2, -0.15) is 5.26 Å². The van der Waals surface area contributed by atoms with Crippen LogP contribution in [0.3, 0.4) is 0 Å². The SMILES string of the molecule is Cc1ccccc1CC(C(=O)NCc1ncc(C#N)cc1F)n1c(=O)[nH]c2ccc(F)cc2c1=O. The lowest BCUT2D eigenvalue weighted by molar-refractivity contribution is -0.124. The summed E-state index contributed by atoms with van der Waals surface area (Å²) >= 11 is 0. The Morgan fingerprint density at radius 3 is 2.69 bits per heavy atom. The Labute approximate surface area is 197 Å². The lowest BCUT2D eigenvalue weighted by Crippen LogP contribution is -2.45. The lowest BCUT2D eigenvalue weighted by Gasteiger charge is -2.20. The summed E-state index contributed by atoms with van der Waals surface area (Å²) in [5.74, 6) is -2.19. The van der Waals surface area contributed by atoms with Crippen LogP contribution in [0.25, 0.3) is 10.9 Å². The average Bonchev–Trinajstić information content (AvgIpc) is 2.84. The number of aromatic amines is 1. The molecule has 4 aromatic rings. The van der Waals surface area contributed by atoms with Crippen LogP contribution in [0.4, 0.5) is 8.78 Å². The van der Waals surface area contributed by atoms with E-state index in [0.717, 1.165) is 28.3 Å². The second-order valence-corrected chi connectivity index (χ2v) is 7.92. The predicted molar refractivity (Wildman–Crippen MR) is 123 cm³/mol. The first kappa shape index (κ1) is 23.5. The normalized spacial score (nSPS) is 11.7. The molecule has 1 unspecified atom stereocenters. The van der Waals surface area contributed by atoms with Gasteiger partial charge in [0.2, 0.25) is 5.91 Å². The fourth-order valence-electron chi connectivity index (χ4n) is 3.78. The van der Waals surface area contributed by atoms with E-state index in [4.69, 9.17) is 5.26 Å². The van der Waals surface area contributed by atoms with E-state index in [9.17, 15) is 23.2 Å². The van der Waals surface area contributed by atoms with E-state index in [2.05, 4.69) is 15.3 Å². The van der Waals surface area contributed by atoms with Crippen molar-refractivity contribution >= 4 is 16.8 Å².